The van der Waals surface area contributed by atoms with Crippen LogP contribution in [0.25, 0.3) is 22.9 Å². The molecule has 1 N–H and O–H groups in total. The number of hydrogen-bond acceptors (Lipinski definition) is 2. The molecule has 4 rings (SSSR count). The molecule has 0 saturated heterocycles. The first-order valence-corrected chi connectivity index (χ1v) is 11.6. The van der Waals surface area contributed by atoms with E-state index in [0.29, 0.717) is 0 Å². The summed E-state index contributed by atoms with van der Waals surface area (Å²) in [7, 11) is 0. The summed E-state index contributed by atoms with van der Waals surface area (Å²) in [6, 6.07) is 30.7. The first-order valence-electron chi connectivity index (χ1n) is 11.6. The summed E-state index contributed by atoms with van der Waals surface area (Å²) in [6.45, 7) is 13.5. The van der Waals surface area contributed by atoms with Gasteiger partial charge in [0, 0.05) is 36.4 Å². The van der Waals surface area contributed by atoms with Crippen molar-refractivity contribution in [2.24, 2.45) is 0 Å². The van der Waals surface area contributed by atoms with Gasteiger partial charge < -0.3 is 10.2 Å². The normalized spacial score (nSPS) is 10.8. The van der Waals surface area contributed by atoms with E-state index in [9.17, 15) is 0 Å². The van der Waals surface area contributed by atoms with Crippen LogP contribution in [-0.2, 0) is 0 Å². The van der Waals surface area contributed by atoms with E-state index in [0.717, 1.165) is 24.9 Å². The van der Waals surface area contributed by atoms with E-state index < -0.39 is 0 Å². The second-order valence-electron chi connectivity index (χ2n) is 8.03. The summed E-state index contributed by atoms with van der Waals surface area (Å²) in [6.07, 6.45) is 0. The van der Waals surface area contributed by atoms with Gasteiger partial charge in [-0.15, -0.1) is 0 Å². The highest BCUT2D eigenvalue weighted by atomic mass is 15.1. The van der Waals surface area contributed by atoms with Crippen LogP contribution < -0.4 is 20.7 Å². The van der Waals surface area contributed by atoms with Gasteiger partial charge in [-0.25, -0.2) is 0 Å². The zero-order valence-electron chi connectivity index (χ0n) is 19.4. The van der Waals surface area contributed by atoms with Gasteiger partial charge in [-0.2, -0.15) is 0 Å². The second kappa shape index (κ2) is 9.74. The minimum atomic E-state index is 0.900. The van der Waals surface area contributed by atoms with Gasteiger partial charge in [0.1, 0.15) is 0 Å². The molecule has 4 aromatic rings. The molecule has 0 fully saturated rings. The molecule has 2 nitrogen and oxygen atoms in total. The van der Waals surface area contributed by atoms with Crippen molar-refractivity contribution in [2.75, 3.05) is 29.9 Å². The minimum Gasteiger partial charge on any atom is -0.385 e. The Kier molecular flexibility index (Phi) is 6.61. The van der Waals surface area contributed by atoms with Crippen LogP contribution in [-0.4, -0.2) is 19.6 Å². The van der Waals surface area contributed by atoms with Crippen LogP contribution in [0.3, 0.4) is 0 Å². The van der Waals surface area contributed by atoms with Gasteiger partial charge in [0.25, 0.3) is 0 Å². The summed E-state index contributed by atoms with van der Waals surface area (Å²) in [4.78, 5) is 2.38. The SMILES string of the molecule is C=c1ccc(=C(c2ccc(N(CC)CC)cc2)c2ccc(NCC)c3ccccc23)cc1. The molecule has 0 bridgehead atoms. The van der Waals surface area contributed by atoms with Gasteiger partial charge >= 0.3 is 0 Å². The molecule has 162 valence electrons. The van der Waals surface area contributed by atoms with Gasteiger partial charge in [0.15, 0.2) is 0 Å². The molecular formula is C30H32N2. The Morgan fingerprint density at radius 2 is 1.41 bits per heavy atom. The van der Waals surface area contributed by atoms with E-state index in [-0.39, 0.29) is 0 Å². The topological polar surface area (TPSA) is 15.3 Å². The fourth-order valence-corrected chi connectivity index (χ4v) is 4.44. The summed E-state index contributed by atoms with van der Waals surface area (Å²) in [5.74, 6) is 0. The fraction of sp³-hybridized carbons (Fsp3) is 0.200. The first kappa shape index (κ1) is 21.7. The zero-order valence-corrected chi connectivity index (χ0v) is 19.4. The Bertz CT molecular complexity index is 1290. The van der Waals surface area contributed by atoms with Gasteiger partial charge in [0.2, 0.25) is 0 Å². The van der Waals surface area contributed by atoms with E-state index in [1.165, 1.54) is 44.1 Å². The van der Waals surface area contributed by atoms with Crippen molar-refractivity contribution < 1.29 is 0 Å². The van der Waals surface area contributed by atoms with Crippen molar-refractivity contribution in [3.8, 4) is 0 Å². The number of fused-ring (bicyclic) bond motifs is 1. The Morgan fingerprint density at radius 3 is 2.03 bits per heavy atom. The lowest BCUT2D eigenvalue weighted by molar-refractivity contribution is 0.866. The molecule has 0 radical (unpaired) electrons. The van der Waals surface area contributed by atoms with E-state index in [1.807, 2.05) is 0 Å². The standard InChI is InChI=1S/C30H32N2/c1-5-31-29-21-20-28(26-10-8-9-11-27(26)29)30(23-14-12-22(4)13-15-23)24-16-18-25(19-17-24)32(6-2)7-3/h8-21,31H,4-7H2,1-3H3. The Morgan fingerprint density at radius 1 is 0.750 bits per heavy atom. The number of nitrogens with zero attached hydrogens (tertiary/aromatic N) is 1. The molecule has 0 aromatic heterocycles. The minimum absolute atomic E-state index is 0.900. The lowest BCUT2D eigenvalue weighted by Crippen LogP contribution is -2.21. The molecule has 2 heteroatoms. The summed E-state index contributed by atoms with van der Waals surface area (Å²) < 4.78 is 0. The monoisotopic (exact) mass is 420 g/mol. The van der Waals surface area contributed by atoms with Crippen molar-refractivity contribution in [1.82, 2.24) is 0 Å². The van der Waals surface area contributed by atoms with Crippen LogP contribution in [0.5, 0.6) is 0 Å². The molecule has 0 saturated carbocycles. The molecule has 32 heavy (non-hydrogen) atoms. The van der Waals surface area contributed by atoms with Crippen LogP contribution in [0.2, 0.25) is 0 Å². The molecular weight excluding hydrogens is 388 g/mol. The Balaban J connectivity index is 1.98. The average molecular weight is 421 g/mol. The lowest BCUT2D eigenvalue weighted by atomic mass is 9.90. The first-order chi connectivity index (χ1) is 15.7. The maximum Gasteiger partial charge on any atom is 0.0420 e. The van der Waals surface area contributed by atoms with E-state index in [4.69, 9.17) is 0 Å². The summed E-state index contributed by atoms with van der Waals surface area (Å²) in [5.41, 5.74) is 6.15. The van der Waals surface area contributed by atoms with E-state index in [2.05, 4.69) is 122 Å². The van der Waals surface area contributed by atoms with Crippen LogP contribution >= 0.6 is 0 Å². The third-order valence-corrected chi connectivity index (χ3v) is 6.09. The quantitative estimate of drug-likeness (QED) is 0.408. The van der Waals surface area contributed by atoms with Crippen molar-refractivity contribution in [3.05, 3.63) is 106 Å². The summed E-state index contributed by atoms with van der Waals surface area (Å²) >= 11 is 0. The van der Waals surface area contributed by atoms with Crippen molar-refractivity contribution in [2.45, 2.75) is 20.8 Å². The fourth-order valence-electron chi connectivity index (χ4n) is 4.44. The molecule has 0 atom stereocenters. The lowest BCUT2D eigenvalue weighted by Gasteiger charge is -2.22. The van der Waals surface area contributed by atoms with Gasteiger partial charge in [0.05, 0.1) is 0 Å². The highest BCUT2D eigenvalue weighted by molar-refractivity contribution is 6.03. The highest BCUT2D eigenvalue weighted by Gasteiger charge is 2.13. The zero-order chi connectivity index (χ0) is 22.5. The predicted octanol–water partition coefficient (Wildman–Crippen LogP) is 5.78. The maximum absolute atomic E-state index is 4.08. The van der Waals surface area contributed by atoms with Crippen LogP contribution in [0.4, 0.5) is 11.4 Å². The van der Waals surface area contributed by atoms with Gasteiger partial charge in [-0.05, 0) is 71.5 Å². The van der Waals surface area contributed by atoms with Gasteiger partial charge in [-0.3, -0.25) is 0 Å². The molecule has 4 aromatic carbocycles. The van der Waals surface area contributed by atoms with E-state index >= 15 is 0 Å². The maximum atomic E-state index is 4.08. The number of benzene rings is 4. The second-order valence-corrected chi connectivity index (χ2v) is 8.03. The van der Waals surface area contributed by atoms with Crippen LogP contribution in [0.1, 0.15) is 31.9 Å². The van der Waals surface area contributed by atoms with E-state index in [1.54, 1.807) is 0 Å². The Labute approximate surface area is 191 Å². The number of hydrogen-bond donors (Lipinski definition) is 1. The van der Waals surface area contributed by atoms with Gasteiger partial charge in [-0.1, -0.05) is 73.3 Å². The molecule has 0 amide bonds. The third kappa shape index (κ3) is 4.27. The van der Waals surface area contributed by atoms with Crippen molar-refractivity contribution in [1.29, 1.82) is 0 Å². The average Bonchev–Trinajstić information content (AvgIpc) is 2.83. The number of nitrogens with one attached hydrogen (secondary N) is 1. The highest BCUT2D eigenvalue weighted by Crippen LogP contribution is 2.33. The van der Waals surface area contributed by atoms with Crippen LogP contribution in [0.15, 0.2) is 84.9 Å². The van der Waals surface area contributed by atoms with Crippen molar-refractivity contribution in [3.63, 3.8) is 0 Å². The smallest absolute Gasteiger partial charge is 0.0420 e. The number of anilines is 2. The third-order valence-electron chi connectivity index (χ3n) is 6.09. The van der Waals surface area contributed by atoms with Crippen molar-refractivity contribution >= 4 is 34.3 Å². The largest absolute Gasteiger partial charge is 0.385 e. The molecule has 0 aliphatic rings. The molecule has 0 aliphatic heterocycles. The molecule has 0 heterocycles. The Hall–Kier alpha value is -3.52. The number of rotatable bonds is 7. The van der Waals surface area contributed by atoms with Crippen LogP contribution in [0, 0.1) is 0 Å². The summed E-state index contributed by atoms with van der Waals surface area (Å²) in [5, 5.41) is 8.25. The molecule has 0 aliphatic carbocycles. The molecule has 0 unspecified atom stereocenters. The molecule has 0 spiro atoms. The predicted molar refractivity (Wildman–Crippen MR) is 141 cm³/mol.